The molecular formula is C18H18Cl2N4. The highest BCUT2D eigenvalue weighted by atomic mass is 35.5. The minimum Gasteiger partial charge on any atom is -0.324 e. The first-order valence-electron chi connectivity index (χ1n) is 7.89. The molecule has 0 saturated carbocycles. The number of aromatic nitrogens is 2. The van der Waals surface area contributed by atoms with Gasteiger partial charge in [-0.15, -0.1) is 0 Å². The lowest BCUT2D eigenvalue weighted by Gasteiger charge is -2.33. The first-order chi connectivity index (χ1) is 11.5. The average molecular weight is 361 g/mol. The van der Waals surface area contributed by atoms with Gasteiger partial charge < -0.3 is 15.6 Å². The number of halogens is 2. The molecule has 2 heterocycles. The fourth-order valence-corrected chi connectivity index (χ4v) is 3.83. The van der Waals surface area contributed by atoms with Crippen LogP contribution in [0, 0.1) is 0 Å². The molecule has 4 nitrogen and oxygen atoms in total. The smallest absolute Gasteiger partial charge is 0.205 e. The van der Waals surface area contributed by atoms with Crippen molar-refractivity contribution in [2.45, 2.75) is 25.8 Å². The maximum atomic E-state index is 6.23. The molecule has 0 aliphatic carbocycles. The number of hydrogen-bond donors (Lipinski definition) is 3. The molecule has 3 aromatic rings. The van der Waals surface area contributed by atoms with Crippen molar-refractivity contribution in [3.05, 3.63) is 51.5 Å². The number of anilines is 2. The Morgan fingerprint density at radius 2 is 1.88 bits per heavy atom. The zero-order valence-electron chi connectivity index (χ0n) is 13.5. The number of benzene rings is 2. The van der Waals surface area contributed by atoms with Gasteiger partial charge in [-0.3, -0.25) is 0 Å². The summed E-state index contributed by atoms with van der Waals surface area (Å²) in [7, 11) is 0. The van der Waals surface area contributed by atoms with E-state index in [9.17, 15) is 0 Å². The van der Waals surface area contributed by atoms with Crippen molar-refractivity contribution in [2.24, 2.45) is 0 Å². The van der Waals surface area contributed by atoms with Crippen molar-refractivity contribution in [3.63, 3.8) is 0 Å². The lowest BCUT2D eigenvalue weighted by Crippen LogP contribution is -2.38. The minimum atomic E-state index is 0.0976. The van der Waals surface area contributed by atoms with Crippen LogP contribution in [0.4, 0.5) is 11.6 Å². The Bertz CT molecular complexity index is 910. The van der Waals surface area contributed by atoms with Gasteiger partial charge in [0.05, 0.1) is 26.8 Å². The molecule has 0 unspecified atom stereocenters. The Morgan fingerprint density at radius 3 is 2.62 bits per heavy atom. The number of para-hydroxylation sites is 1. The molecular weight excluding hydrogens is 343 g/mol. The number of aromatic amines is 1. The molecule has 0 bridgehead atoms. The summed E-state index contributed by atoms with van der Waals surface area (Å²) in [4.78, 5) is 8.05. The van der Waals surface area contributed by atoms with Crippen molar-refractivity contribution in [1.29, 1.82) is 0 Å². The Balaban J connectivity index is 1.80. The van der Waals surface area contributed by atoms with Crippen molar-refractivity contribution in [3.8, 4) is 0 Å². The summed E-state index contributed by atoms with van der Waals surface area (Å²) in [5.41, 5.74) is 5.34. The molecule has 3 N–H and O–H groups in total. The SMILES string of the molecule is CC1(C)CNCc2c1ccc1[nH]c(Nc3c(Cl)cccc3Cl)nc21. The van der Waals surface area contributed by atoms with Crippen molar-refractivity contribution in [2.75, 3.05) is 11.9 Å². The van der Waals surface area contributed by atoms with Crippen LogP contribution in [0.5, 0.6) is 0 Å². The highest BCUT2D eigenvalue weighted by Gasteiger charge is 2.29. The highest BCUT2D eigenvalue weighted by Crippen LogP contribution is 2.35. The predicted octanol–water partition coefficient (Wildman–Crippen LogP) is 4.99. The topological polar surface area (TPSA) is 52.7 Å². The Hall–Kier alpha value is -1.75. The van der Waals surface area contributed by atoms with Crippen LogP contribution < -0.4 is 10.6 Å². The Morgan fingerprint density at radius 1 is 1.12 bits per heavy atom. The van der Waals surface area contributed by atoms with E-state index in [0.717, 1.165) is 24.1 Å². The van der Waals surface area contributed by atoms with Crippen LogP contribution in [0.25, 0.3) is 11.0 Å². The van der Waals surface area contributed by atoms with Crippen LogP contribution in [0.2, 0.25) is 10.0 Å². The maximum absolute atomic E-state index is 6.23. The van der Waals surface area contributed by atoms with E-state index in [1.807, 2.05) is 6.07 Å². The average Bonchev–Trinajstić information content (AvgIpc) is 2.94. The van der Waals surface area contributed by atoms with Gasteiger partial charge in [0.15, 0.2) is 0 Å². The predicted molar refractivity (Wildman–Crippen MR) is 101 cm³/mol. The quantitative estimate of drug-likeness (QED) is 0.602. The molecule has 0 amide bonds. The highest BCUT2D eigenvalue weighted by molar-refractivity contribution is 6.39. The second-order valence-electron chi connectivity index (χ2n) is 6.78. The van der Waals surface area contributed by atoms with Gasteiger partial charge in [-0.25, -0.2) is 4.98 Å². The van der Waals surface area contributed by atoms with Gasteiger partial charge in [0.1, 0.15) is 0 Å². The minimum absolute atomic E-state index is 0.0976. The van der Waals surface area contributed by atoms with Gasteiger partial charge in [-0.05, 0) is 29.3 Å². The molecule has 1 aliphatic rings. The first kappa shape index (κ1) is 15.8. The van der Waals surface area contributed by atoms with E-state index >= 15 is 0 Å². The molecule has 2 aromatic carbocycles. The van der Waals surface area contributed by atoms with Crippen LogP contribution in [0.3, 0.4) is 0 Å². The third-order valence-corrected chi connectivity index (χ3v) is 5.19. The lowest BCUT2D eigenvalue weighted by molar-refractivity contribution is 0.436. The Kier molecular flexibility index (Phi) is 3.71. The van der Waals surface area contributed by atoms with E-state index in [0.29, 0.717) is 21.7 Å². The summed E-state index contributed by atoms with van der Waals surface area (Å²) in [6, 6.07) is 9.70. The number of fused-ring (bicyclic) bond motifs is 3. The zero-order valence-corrected chi connectivity index (χ0v) is 15.0. The van der Waals surface area contributed by atoms with Gasteiger partial charge in [0, 0.05) is 18.5 Å². The number of hydrogen-bond acceptors (Lipinski definition) is 3. The molecule has 6 heteroatoms. The van der Waals surface area contributed by atoms with Gasteiger partial charge in [-0.1, -0.05) is 49.2 Å². The van der Waals surface area contributed by atoms with E-state index in [-0.39, 0.29) is 5.41 Å². The fraction of sp³-hybridized carbons (Fsp3) is 0.278. The van der Waals surface area contributed by atoms with Crippen LogP contribution in [0.1, 0.15) is 25.0 Å². The Labute approximate surface area is 150 Å². The molecule has 1 aliphatic heterocycles. The lowest BCUT2D eigenvalue weighted by atomic mass is 9.79. The van der Waals surface area contributed by atoms with Crippen LogP contribution in [-0.4, -0.2) is 16.5 Å². The monoisotopic (exact) mass is 360 g/mol. The second kappa shape index (κ2) is 5.66. The maximum Gasteiger partial charge on any atom is 0.205 e. The molecule has 124 valence electrons. The molecule has 1 aromatic heterocycles. The van der Waals surface area contributed by atoms with E-state index < -0.39 is 0 Å². The third-order valence-electron chi connectivity index (χ3n) is 4.56. The third kappa shape index (κ3) is 2.55. The van der Waals surface area contributed by atoms with Crippen molar-refractivity contribution in [1.82, 2.24) is 15.3 Å². The second-order valence-corrected chi connectivity index (χ2v) is 7.60. The summed E-state index contributed by atoms with van der Waals surface area (Å²) in [5, 5.41) is 7.82. The summed E-state index contributed by atoms with van der Waals surface area (Å²) in [6.45, 7) is 6.29. The van der Waals surface area contributed by atoms with Gasteiger partial charge in [0.25, 0.3) is 0 Å². The summed E-state index contributed by atoms with van der Waals surface area (Å²) in [6.07, 6.45) is 0. The van der Waals surface area contributed by atoms with Crippen molar-refractivity contribution < 1.29 is 0 Å². The first-order valence-corrected chi connectivity index (χ1v) is 8.65. The standard InChI is InChI=1S/C18H18Cl2N4/c1-18(2)9-21-8-10-11(18)6-7-14-15(10)23-17(22-14)24-16-12(19)4-3-5-13(16)20/h3-7,21H,8-9H2,1-2H3,(H2,22,23,24). The van der Waals surface area contributed by atoms with E-state index in [2.05, 4.69) is 41.6 Å². The molecule has 0 fully saturated rings. The number of imidazole rings is 1. The summed E-state index contributed by atoms with van der Waals surface area (Å²) in [5.74, 6) is 0.636. The molecule has 0 saturated heterocycles. The molecule has 24 heavy (non-hydrogen) atoms. The fourth-order valence-electron chi connectivity index (χ4n) is 3.34. The molecule has 0 radical (unpaired) electrons. The number of nitrogens with one attached hydrogen (secondary N) is 3. The van der Waals surface area contributed by atoms with Gasteiger partial charge in [0.2, 0.25) is 5.95 Å². The normalized spacial score (nSPS) is 16.2. The van der Waals surface area contributed by atoms with Gasteiger partial charge >= 0.3 is 0 Å². The van der Waals surface area contributed by atoms with Crippen LogP contribution >= 0.6 is 23.2 Å². The number of H-pyrrole nitrogens is 1. The summed E-state index contributed by atoms with van der Waals surface area (Å²) < 4.78 is 0. The molecule has 0 spiro atoms. The van der Waals surface area contributed by atoms with Crippen LogP contribution in [0.15, 0.2) is 30.3 Å². The molecule has 4 rings (SSSR count). The largest absolute Gasteiger partial charge is 0.324 e. The molecule has 0 atom stereocenters. The van der Waals surface area contributed by atoms with E-state index in [1.165, 1.54) is 11.1 Å². The number of nitrogens with zero attached hydrogens (tertiary/aromatic N) is 1. The van der Waals surface area contributed by atoms with E-state index in [1.54, 1.807) is 12.1 Å². The number of rotatable bonds is 2. The summed E-state index contributed by atoms with van der Waals surface area (Å²) >= 11 is 12.5. The van der Waals surface area contributed by atoms with Crippen molar-refractivity contribution >= 4 is 45.9 Å². The van der Waals surface area contributed by atoms with E-state index in [4.69, 9.17) is 28.2 Å². The van der Waals surface area contributed by atoms with Gasteiger partial charge in [-0.2, -0.15) is 0 Å². The van der Waals surface area contributed by atoms with Crippen LogP contribution in [-0.2, 0) is 12.0 Å². The zero-order chi connectivity index (χ0) is 16.9.